The van der Waals surface area contributed by atoms with Crippen molar-refractivity contribution in [3.8, 4) is 34.5 Å². The first-order chi connectivity index (χ1) is 14.0. The third kappa shape index (κ3) is 5.76. The molecule has 0 spiro atoms. The Morgan fingerprint density at radius 2 is 0.931 bits per heavy atom. The minimum atomic E-state index is -0.740. The Balaban J connectivity index is 1.91. The van der Waals surface area contributed by atoms with Crippen LogP contribution in [0.25, 0.3) is 0 Å². The third-order valence-electron chi connectivity index (χ3n) is 3.64. The smallest absolute Gasteiger partial charge is 0.337 e. The molecule has 0 fully saturated rings. The Bertz CT molecular complexity index is 734. The molecule has 0 aliphatic carbocycles. The number of hydrogen-bond acceptors (Lipinski definition) is 9. The summed E-state index contributed by atoms with van der Waals surface area (Å²) in [5, 5.41) is 0. The van der Waals surface area contributed by atoms with Gasteiger partial charge in [-0.3, -0.25) is 0 Å². The number of para-hydroxylation sites is 2. The highest BCUT2D eigenvalue weighted by Gasteiger charge is 2.18. The van der Waals surface area contributed by atoms with Gasteiger partial charge in [-0.05, 0) is 24.3 Å². The average Bonchev–Trinajstić information content (AvgIpc) is 2.73. The molecular weight excluding hydrogens is 384 g/mol. The molecule has 2 aromatic carbocycles. The molecular formula is C20H22O9. The molecule has 0 unspecified atom stereocenters. The van der Waals surface area contributed by atoms with E-state index in [-0.39, 0.29) is 11.5 Å². The lowest BCUT2D eigenvalue weighted by atomic mass is 10.3. The molecule has 0 aromatic heterocycles. The van der Waals surface area contributed by atoms with Gasteiger partial charge in [-0.25, -0.2) is 9.59 Å². The Morgan fingerprint density at radius 3 is 1.21 bits per heavy atom. The molecule has 0 N–H and O–H groups in total. The quantitative estimate of drug-likeness (QED) is 0.434. The topological polar surface area (TPSA) is 98.8 Å². The second-order valence-electron chi connectivity index (χ2n) is 5.42. The lowest BCUT2D eigenvalue weighted by Crippen LogP contribution is -2.22. The zero-order chi connectivity index (χ0) is 21.2. The fourth-order valence-corrected chi connectivity index (χ4v) is 2.34. The number of esters is 2. The molecule has 0 saturated heterocycles. The van der Waals surface area contributed by atoms with Gasteiger partial charge >= 0.3 is 11.9 Å². The maximum atomic E-state index is 12.0. The van der Waals surface area contributed by atoms with Crippen molar-refractivity contribution in [2.45, 2.75) is 0 Å². The fraction of sp³-hybridized carbons (Fsp3) is 0.300. The van der Waals surface area contributed by atoms with Gasteiger partial charge in [0.05, 0.1) is 28.4 Å². The van der Waals surface area contributed by atoms with E-state index in [0.717, 1.165) is 0 Å². The molecule has 2 aromatic rings. The third-order valence-corrected chi connectivity index (χ3v) is 3.64. The number of carbonyl (C=O) groups is 2. The van der Waals surface area contributed by atoms with Crippen LogP contribution >= 0.6 is 0 Å². The molecule has 2 rings (SSSR count). The molecule has 9 heteroatoms. The van der Waals surface area contributed by atoms with Gasteiger partial charge in [0.15, 0.2) is 23.0 Å². The molecule has 0 aliphatic heterocycles. The van der Waals surface area contributed by atoms with Crippen LogP contribution in [0.5, 0.6) is 34.5 Å². The predicted octanol–water partition coefficient (Wildman–Crippen LogP) is 2.25. The molecule has 0 bridgehead atoms. The monoisotopic (exact) mass is 406 g/mol. The largest absolute Gasteiger partial charge is 0.493 e. The van der Waals surface area contributed by atoms with E-state index in [2.05, 4.69) is 0 Å². The van der Waals surface area contributed by atoms with E-state index < -0.39 is 25.2 Å². The average molecular weight is 406 g/mol. The predicted molar refractivity (Wildman–Crippen MR) is 101 cm³/mol. The Kier molecular flexibility index (Phi) is 8.11. The fourth-order valence-electron chi connectivity index (χ4n) is 2.34. The van der Waals surface area contributed by atoms with Crippen LogP contribution in [0.3, 0.4) is 0 Å². The van der Waals surface area contributed by atoms with Crippen LogP contribution in [-0.2, 0) is 14.3 Å². The lowest BCUT2D eigenvalue weighted by Gasteiger charge is -2.13. The highest BCUT2D eigenvalue weighted by atomic mass is 16.6. The molecule has 0 heterocycles. The summed E-state index contributed by atoms with van der Waals surface area (Å²) < 4.78 is 36.1. The maximum absolute atomic E-state index is 12.0. The first kappa shape index (κ1) is 21.8. The van der Waals surface area contributed by atoms with Crippen molar-refractivity contribution in [1.82, 2.24) is 0 Å². The SMILES string of the molecule is COc1cccc(OC)c1OC(=O)COCC(=O)Oc1c(OC)cccc1OC. The van der Waals surface area contributed by atoms with Crippen LogP contribution in [-0.4, -0.2) is 53.6 Å². The maximum Gasteiger partial charge on any atom is 0.337 e. The molecule has 0 aliphatic rings. The highest BCUT2D eigenvalue weighted by Crippen LogP contribution is 2.37. The van der Waals surface area contributed by atoms with Gasteiger partial charge in [-0.2, -0.15) is 0 Å². The van der Waals surface area contributed by atoms with Crippen LogP contribution in [0.15, 0.2) is 36.4 Å². The van der Waals surface area contributed by atoms with Crippen LogP contribution in [0.1, 0.15) is 0 Å². The summed E-state index contributed by atoms with van der Waals surface area (Å²) in [5.74, 6) is 0.0346. The minimum Gasteiger partial charge on any atom is -0.493 e. The Labute approximate surface area is 168 Å². The van der Waals surface area contributed by atoms with Gasteiger partial charge in [-0.1, -0.05) is 12.1 Å². The van der Waals surface area contributed by atoms with Gasteiger partial charge in [0.2, 0.25) is 11.5 Å². The first-order valence-corrected chi connectivity index (χ1v) is 8.45. The van der Waals surface area contributed by atoms with Gasteiger partial charge in [0.25, 0.3) is 0 Å². The number of benzene rings is 2. The summed E-state index contributed by atoms with van der Waals surface area (Å²) >= 11 is 0. The number of methoxy groups -OCH3 is 4. The molecule has 0 atom stereocenters. The lowest BCUT2D eigenvalue weighted by molar-refractivity contribution is -0.145. The molecule has 156 valence electrons. The number of rotatable bonds is 10. The highest BCUT2D eigenvalue weighted by molar-refractivity contribution is 5.78. The van der Waals surface area contributed by atoms with Crippen molar-refractivity contribution in [1.29, 1.82) is 0 Å². The van der Waals surface area contributed by atoms with E-state index >= 15 is 0 Å². The normalized spacial score (nSPS) is 10.1. The molecule has 9 nitrogen and oxygen atoms in total. The first-order valence-electron chi connectivity index (χ1n) is 8.45. The second kappa shape index (κ2) is 10.8. The zero-order valence-corrected chi connectivity index (χ0v) is 16.6. The summed E-state index contributed by atoms with van der Waals surface area (Å²) in [4.78, 5) is 24.1. The van der Waals surface area contributed by atoms with Crippen molar-refractivity contribution in [2.75, 3.05) is 41.7 Å². The molecule has 0 saturated carbocycles. The van der Waals surface area contributed by atoms with Crippen LogP contribution in [0.2, 0.25) is 0 Å². The van der Waals surface area contributed by atoms with E-state index in [0.29, 0.717) is 23.0 Å². The van der Waals surface area contributed by atoms with Crippen molar-refractivity contribution in [2.24, 2.45) is 0 Å². The zero-order valence-electron chi connectivity index (χ0n) is 16.6. The van der Waals surface area contributed by atoms with Crippen molar-refractivity contribution >= 4 is 11.9 Å². The summed E-state index contributed by atoms with van der Waals surface area (Å²) in [7, 11) is 5.74. The number of ether oxygens (including phenoxy) is 7. The Morgan fingerprint density at radius 1 is 0.621 bits per heavy atom. The number of carbonyl (C=O) groups excluding carboxylic acids is 2. The molecule has 0 radical (unpaired) electrons. The van der Waals surface area contributed by atoms with Crippen molar-refractivity contribution in [3.63, 3.8) is 0 Å². The van der Waals surface area contributed by atoms with Gasteiger partial charge in [0.1, 0.15) is 13.2 Å². The summed E-state index contributed by atoms with van der Waals surface area (Å²) in [5.41, 5.74) is 0. The van der Waals surface area contributed by atoms with Crippen LogP contribution in [0.4, 0.5) is 0 Å². The summed E-state index contributed by atoms with van der Waals surface area (Å²) in [6.45, 7) is -0.973. The van der Waals surface area contributed by atoms with E-state index in [1.165, 1.54) is 28.4 Å². The summed E-state index contributed by atoms with van der Waals surface area (Å²) in [6, 6.07) is 9.84. The summed E-state index contributed by atoms with van der Waals surface area (Å²) in [6.07, 6.45) is 0. The standard InChI is InChI=1S/C20H22O9/c1-23-13-7-5-8-14(24-2)19(13)28-17(21)11-27-12-18(22)29-20-15(25-3)9-6-10-16(20)26-4/h5-10H,11-12H2,1-4H3. The van der Waals surface area contributed by atoms with Gasteiger partial charge < -0.3 is 33.2 Å². The van der Waals surface area contributed by atoms with Crippen LogP contribution in [0, 0.1) is 0 Å². The van der Waals surface area contributed by atoms with Gasteiger partial charge in [-0.15, -0.1) is 0 Å². The van der Waals surface area contributed by atoms with Crippen molar-refractivity contribution in [3.05, 3.63) is 36.4 Å². The minimum absolute atomic E-state index is 0.118. The molecule has 0 amide bonds. The van der Waals surface area contributed by atoms with Crippen molar-refractivity contribution < 1.29 is 42.7 Å². The molecule has 29 heavy (non-hydrogen) atoms. The van der Waals surface area contributed by atoms with E-state index in [1.807, 2.05) is 0 Å². The van der Waals surface area contributed by atoms with Gasteiger partial charge in [0, 0.05) is 0 Å². The van der Waals surface area contributed by atoms with E-state index in [1.54, 1.807) is 36.4 Å². The van der Waals surface area contributed by atoms with E-state index in [4.69, 9.17) is 33.2 Å². The van der Waals surface area contributed by atoms with E-state index in [9.17, 15) is 9.59 Å². The Hall–Kier alpha value is -3.46. The van der Waals surface area contributed by atoms with Crippen LogP contribution < -0.4 is 28.4 Å². The number of hydrogen-bond donors (Lipinski definition) is 0. The second-order valence-corrected chi connectivity index (χ2v) is 5.42.